The summed E-state index contributed by atoms with van der Waals surface area (Å²) in [5, 5.41) is 32.5. The summed E-state index contributed by atoms with van der Waals surface area (Å²) in [6.07, 6.45) is 3.51. The predicted molar refractivity (Wildman–Crippen MR) is 589 cm³/mol. The Labute approximate surface area is 905 Å². The van der Waals surface area contributed by atoms with Crippen molar-refractivity contribution >= 4 is 195 Å². The summed E-state index contributed by atoms with van der Waals surface area (Å²) in [5.74, 6) is 3.17. The first-order valence-electron chi connectivity index (χ1n) is 49.3. The minimum Gasteiger partial charge on any atom is -0.507 e. The molecule has 2 radical (unpaired) electrons. The van der Waals surface area contributed by atoms with Gasteiger partial charge in [-0.05, 0) is 176 Å². The van der Waals surface area contributed by atoms with Crippen molar-refractivity contribution in [2.75, 3.05) is 86.9 Å². The van der Waals surface area contributed by atoms with E-state index >= 15 is 0 Å². The fourth-order valence-electron chi connectivity index (χ4n) is 20.6. The molecule has 1 spiro atoms. The number of nitrogens with zero attached hydrogens (tertiary/aromatic N) is 5. The number of phenols is 2. The fourth-order valence-corrected chi connectivity index (χ4v) is 21.6. The second-order valence-electron chi connectivity index (χ2n) is 38.7. The molecule has 23 rings (SSSR count). The summed E-state index contributed by atoms with van der Waals surface area (Å²) < 4.78 is 41.8. The second kappa shape index (κ2) is 45.3. The van der Waals surface area contributed by atoms with E-state index in [9.17, 15) is 43.8 Å². The van der Waals surface area contributed by atoms with Gasteiger partial charge in [-0.2, -0.15) is 0 Å². The number of nitrogens with two attached hydrogens (primary N) is 2. The minimum atomic E-state index is -0.605. The molecular formula is C117H113BCl4FN11O13U. The summed E-state index contributed by atoms with van der Waals surface area (Å²) in [6, 6.07) is 84.7. The van der Waals surface area contributed by atoms with E-state index in [-0.39, 0.29) is 113 Å². The number of hydrogen-bond donors (Lipinski definition) is 8. The van der Waals surface area contributed by atoms with Gasteiger partial charge in [-0.25, -0.2) is 9.59 Å². The number of nitrogens with one attached hydrogen (secondary N) is 4. The van der Waals surface area contributed by atoms with E-state index in [1.807, 2.05) is 268 Å². The Morgan fingerprint density at radius 3 is 1.37 bits per heavy atom. The number of nitrogen functional groups attached to an aromatic ring is 1. The third kappa shape index (κ3) is 21.7. The van der Waals surface area contributed by atoms with E-state index in [0.717, 1.165) is 150 Å². The molecule has 13 aromatic carbocycles. The maximum atomic E-state index is 14.0. The molecule has 1 saturated carbocycles. The van der Waals surface area contributed by atoms with Gasteiger partial charge < -0.3 is 75.2 Å². The largest absolute Gasteiger partial charge is 0.507 e. The number of amides is 6. The van der Waals surface area contributed by atoms with Crippen LogP contribution >= 0.6 is 46.4 Å². The monoisotopic (exact) mass is 2290 g/mol. The molecule has 7 aliphatic rings. The van der Waals surface area contributed by atoms with E-state index in [4.69, 9.17) is 82.9 Å². The van der Waals surface area contributed by atoms with Crippen LogP contribution in [0, 0.1) is 37.0 Å². The van der Waals surface area contributed by atoms with Crippen molar-refractivity contribution in [2.45, 2.75) is 115 Å². The Balaban J connectivity index is 0.000000141. The molecular weight excluding hydrogens is 2180 g/mol. The summed E-state index contributed by atoms with van der Waals surface area (Å²) in [4.78, 5) is 108. The molecule has 24 nitrogen and oxygen atoms in total. The molecule has 2 fully saturated rings. The zero-order valence-corrected chi connectivity index (χ0v) is 90.1. The van der Waals surface area contributed by atoms with E-state index in [2.05, 4.69) is 54.9 Å². The number of H-pyrrole nitrogens is 3. The maximum Gasteiger partial charge on any atom is 0.414 e. The number of aromatic nitrogens is 3. The molecule has 1 saturated heterocycles. The number of aromatic amines is 3. The van der Waals surface area contributed by atoms with Gasteiger partial charge in [-0.3, -0.25) is 38.9 Å². The summed E-state index contributed by atoms with van der Waals surface area (Å²) in [6.45, 7) is 22.0. The van der Waals surface area contributed by atoms with Gasteiger partial charge in [-0.1, -0.05) is 202 Å². The number of ether oxygens (including phenoxy) is 4. The molecule has 756 valence electrons. The van der Waals surface area contributed by atoms with Crippen LogP contribution in [0.15, 0.2) is 297 Å². The van der Waals surface area contributed by atoms with Gasteiger partial charge >= 0.3 is 12.2 Å². The third-order valence-electron chi connectivity index (χ3n) is 27.0. The summed E-state index contributed by atoms with van der Waals surface area (Å²) in [5.41, 5.74) is 26.5. The number of likely N-dealkylation sites (tertiary alicyclic amines) is 1. The van der Waals surface area contributed by atoms with Crippen LogP contribution in [0.25, 0.3) is 64.9 Å². The number of phenolic OH excluding ortho intramolecular Hbond substituents is 2. The fraction of sp³-hybridized carbons (Fsp3) is 0.239. The number of anilines is 6. The van der Waals surface area contributed by atoms with Crippen LogP contribution in [0.3, 0.4) is 0 Å². The van der Waals surface area contributed by atoms with Gasteiger partial charge in [0.25, 0.3) is 25.1 Å². The average molecular weight is 2290 g/mol. The van der Waals surface area contributed by atoms with Crippen molar-refractivity contribution in [3.05, 3.63) is 359 Å². The number of alkyl halides is 4. The van der Waals surface area contributed by atoms with E-state index in [1.165, 1.54) is 4.90 Å². The molecule has 2 aliphatic carbocycles. The number of ketones is 1. The Kier molecular flexibility index (Phi) is 32.2. The first-order valence-corrected chi connectivity index (χ1v) is 50.4. The Morgan fingerprint density at radius 1 is 0.493 bits per heavy atom. The second-order valence-corrected chi connectivity index (χ2v) is 40.0. The van der Waals surface area contributed by atoms with E-state index < -0.39 is 17.3 Å². The van der Waals surface area contributed by atoms with Crippen molar-refractivity contribution in [3.63, 3.8) is 0 Å². The molecule has 8 heterocycles. The zero-order valence-electron chi connectivity index (χ0n) is 84.9. The van der Waals surface area contributed by atoms with Crippen LogP contribution in [0.1, 0.15) is 166 Å². The molecule has 0 bridgehead atoms. The van der Waals surface area contributed by atoms with E-state index in [0.29, 0.717) is 110 Å². The quantitative estimate of drug-likeness (QED) is 0.0205. The van der Waals surface area contributed by atoms with Crippen LogP contribution in [-0.2, 0) is 32.9 Å². The number of allylic oxidation sites excluding steroid dienone is 2. The molecule has 3 aromatic heterocycles. The maximum absolute atomic E-state index is 14.0. The molecule has 1 unspecified atom stereocenters. The van der Waals surface area contributed by atoms with Crippen LogP contribution in [0.4, 0.5) is 48.4 Å². The van der Waals surface area contributed by atoms with Crippen molar-refractivity contribution in [2.24, 2.45) is 11.7 Å². The topological polar surface area (TPSA) is 325 Å². The average Bonchev–Trinajstić information content (AvgIpc) is 1.50. The van der Waals surface area contributed by atoms with Gasteiger partial charge in [0.2, 0.25) is 0 Å². The number of piperidine rings is 1. The molecule has 6 atom stereocenters. The normalized spacial score (nSPS) is 17.1. The summed E-state index contributed by atoms with van der Waals surface area (Å²) >= 11 is 25.0. The van der Waals surface area contributed by atoms with Gasteiger partial charge in [0.05, 0.1) is 28.4 Å². The Morgan fingerprint density at radius 2 is 0.899 bits per heavy atom. The number of aromatic hydroxyl groups is 2. The molecule has 6 amide bonds. The van der Waals surface area contributed by atoms with Crippen molar-refractivity contribution in [1.29, 1.82) is 2.79 Å². The van der Waals surface area contributed by atoms with Gasteiger partial charge in [0.15, 0.2) is 5.78 Å². The van der Waals surface area contributed by atoms with Gasteiger partial charge in [0.1, 0.15) is 64.5 Å². The number of halogens is 5. The minimum absolute atomic E-state index is 0. The molecule has 148 heavy (non-hydrogen) atoms. The van der Waals surface area contributed by atoms with E-state index in [1.54, 1.807) is 68.3 Å². The smallest absolute Gasteiger partial charge is 0.414 e. The van der Waals surface area contributed by atoms with Gasteiger partial charge in [0, 0.05) is 227 Å². The Bertz CT molecular complexity index is 7810. The van der Waals surface area contributed by atoms with Crippen LogP contribution in [0.2, 0.25) is 0 Å². The number of carbonyl (C=O) groups excluding carboxylic acids is 7. The van der Waals surface area contributed by atoms with Crippen LogP contribution in [-0.4, -0.2) is 150 Å². The molecule has 31 heteroatoms. The first-order chi connectivity index (χ1) is 71.9. The zero-order chi connectivity index (χ0) is 106. The number of hydrogen-bond acceptors (Lipinski definition) is 15. The first kappa shape index (κ1) is 105. The molecule has 16 aromatic rings. The number of rotatable bonds is 15. The number of benzene rings is 13. The molecule has 10 N–H and O–H groups in total. The number of carbonyl (C=O) groups is 7. The van der Waals surface area contributed by atoms with Crippen LogP contribution < -0.4 is 45.9 Å². The summed E-state index contributed by atoms with van der Waals surface area (Å²) in [7, 11) is 3.75. The number of fused-ring (bicyclic) bond motifs is 15. The van der Waals surface area contributed by atoms with Crippen molar-refractivity contribution < 1.29 is 98.6 Å². The third-order valence-corrected chi connectivity index (χ3v) is 28.5. The standard InChI is InChI=1S/C34H32ClN3O4.C25H26ClNO3.C22H17N3O2.C18H15ClN2O2.C16H15ClN2O2.C2H6.BH.FH.U/c1-34(2,3)42-33(40)36-24-13-14-27-22(15-24)16-28(37-27)32(39)38-19-23(18-35)31-26-12-8-7-11-25(26)30(17-29(31)38)41-20-21-9-5-4-6-10-21;1-25(2,3)30-24(28)27-15-18(14-26)23-20-12-8-7-11-19(20)22(13-21(23)27)29-16-17-9-5-4-6-10-17;23-14-5-6-17-12(7-14)8-18(24-17)21(27)25-11-13-10-22(13)16-4-2-1-3-15(16)19(26)9-20(22)25;19-9-11-10-21(18(23)14-6-3-7-20-14)15-8-16(22)12-4-1-2-5-13(12)17(11)15;1-9(18)16(21)19-8-10(7-17)15-12-5-3-2-4-11(12)14(20)6-13(15)19;1-2;;;/h4-17,23,37H,18-20H2,1-3H3,(H,36,40);4-13,18H,14-16H2,1-3H3;1-9,13,24H,10-11,23H2;1-8,11,20,22H,9-10H2;2-6,10,20H,1,7-8,18H2;1-2H3;2*1H;/t23-;18-;13-,22?;11-;10-;;;;/m11111..../s1/i;;;;;;1D;;/hT. The van der Waals surface area contributed by atoms with Gasteiger partial charge in [-0.15, -0.1) is 46.4 Å². The predicted octanol–water partition coefficient (Wildman–Crippen LogP) is 25.0. The SMILES string of the molecule is C=C(N)C(=O)N1C[C@@H](CCl)c2c1cc(O)c1ccccc21.CC.CC(C)(C)OC(=O)N1C[C@@H](CCl)c2c1cc(OCc1ccccc1)c1ccccc21.CC(C)(C)OC(=O)Nc1ccc2[nH]c(C(=O)N3C[C@@H](CCl)c4c3cc(OCc3ccccc3)c3ccccc43)cc2c1.Nc1ccc2[nH]c(C(=O)N3C[C@H]4CC45C3=CC(=O)c3ccccc35)cc2c1.O=C(c1ccc[nH]1)N1C[C@@H](CCl)c2c1cc(O)c1ccccc21.[2H][B].[3H]F.[U]. The van der Waals surface area contributed by atoms with Crippen LogP contribution in [0.5, 0.6) is 23.0 Å². The molecule has 5 aliphatic heterocycles. The Hall–Kier alpha value is -14.2. The van der Waals surface area contributed by atoms with Crippen molar-refractivity contribution in [3.8, 4) is 23.0 Å². The van der Waals surface area contributed by atoms with Crippen molar-refractivity contribution in [1.82, 2.24) is 19.9 Å².